The maximum absolute atomic E-state index is 5.23. The molecule has 0 atom stereocenters. The number of rotatable bonds is 3. The fraction of sp³-hybridized carbons (Fsp3) is 0.750. The molecule has 15 heavy (non-hydrogen) atoms. The number of methoxy groups -OCH3 is 1. The summed E-state index contributed by atoms with van der Waals surface area (Å²) in [6, 6.07) is 0. The molecule has 0 aliphatic heterocycles. The molecule has 1 saturated carbocycles. The quantitative estimate of drug-likeness (QED) is 0.767. The van der Waals surface area contributed by atoms with Gasteiger partial charge in [0, 0.05) is 19.9 Å². The second-order valence-electron chi connectivity index (χ2n) is 3.93. The van der Waals surface area contributed by atoms with Crippen molar-refractivity contribution in [2.45, 2.75) is 46.3 Å². The van der Waals surface area contributed by atoms with E-state index >= 15 is 0 Å². The van der Waals surface area contributed by atoms with Gasteiger partial charge in [-0.25, -0.2) is 0 Å². The van der Waals surface area contributed by atoms with Crippen molar-refractivity contribution in [1.82, 2.24) is 9.78 Å². The molecule has 1 heterocycles. The molecule has 0 spiro atoms. The summed E-state index contributed by atoms with van der Waals surface area (Å²) in [5, 5.41) is 4.26. The predicted molar refractivity (Wildman–Crippen MR) is 61.8 cm³/mol. The van der Waals surface area contributed by atoms with Gasteiger partial charge in [0.25, 0.3) is 0 Å². The van der Waals surface area contributed by atoms with Gasteiger partial charge in [-0.2, -0.15) is 5.10 Å². The Morgan fingerprint density at radius 2 is 2.13 bits per heavy atom. The second kappa shape index (κ2) is 5.91. The van der Waals surface area contributed by atoms with Crippen molar-refractivity contribution in [3.8, 4) is 0 Å². The van der Waals surface area contributed by atoms with E-state index in [1.165, 1.54) is 18.4 Å². The van der Waals surface area contributed by atoms with E-state index in [-0.39, 0.29) is 0 Å². The SMILES string of the molecule is CC.COC1CC(Cn2cc(C)cn2)C1. The molecule has 3 nitrogen and oxygen atoms in total. The largest absolute Gasteiger partial charge is 0.381 e. The standard InChI is InChI=1S/C10H16N2O.C2H6/c1-8-5-11-12(6-8)7-9-3-10(4-9)13-2;1-2/h5-6,9-10H,3-4,7H2,1-2H3;1-2H3. The van der Waals surface area contributed by atoms with Crippen LogP contribution in [0.3, 0.4) is 0 Å². The first kappa shape index (κ1) is 12.2. The van der Waals surface area contributed by atoms with Gasteiger partial charge in [0.15, 0.2) is 0 Å². The maximum atomic E-state index is 5.23. The molecule has 0 amide bonds. The van der Waals surface area contributed by atoms with Crippen LogP contribution >= 0.6 is 0 Å². The zero-order valence-corrected chi connectivity index (χ0v) is 10.2. The molecule has 0 bridgehead atoms. The third-order valence-electron chi connectivity index (χ3n) is 2.73. The molecule has 0 unspecified atom stereocenters. The molecule has 2 rings (SSSR count). The maximum Gasteiger partial charge on any atom is 0.0578 e. The molecule has 3 heteroatoms. The minimum absolute atomic E-state index is 0.502. The molecule has 1 aliphatic rings. The summed E-state index contributed by atoms with van der Waals surface area (Å²) in [5.74, 6) is 0.768. The van der Waals surface area contributed by atoms with Crippen molar-refractivity contribution < 1.29 is 4.74 Å². The van der Waals surface area contributed by atoms with E-state index in [9.17, 15) is 0 Å². The van der Waals surface area contributed by atoms with Gasteiger partial charge in [-0.1, -0.05) is 13.8 Å². The van der Waals surface area contributed by atoms with Crippen molar-refractivity contribution in [2.24, 2.45) is 5.92 Å². The third-order valence-corrected chi connectivity index (χ3v) is 2.73. The lowest BCUT2D eigenvalue weighted by atomic mass is 9.82. The van der Waals surface area contributed by atoms with Gasteiger partial charge >= 0.3 is 0 Å². The van der Waals surface area contributed by atoms with E-state index in [4.69, 9.17) is 4.74 Å². The Morgan fingerprint density at radius 1 is 1.47 bits per heavy atom. The molecule has 0 saturated heterocycles. The molecule has 86 valence electrons. The molecule has 1 aliphatic carbocycles. The summed E-state index contributed by atoms with van der Waals surface area (Å²) in [6.45, 7) is 7.12. The zero-order valence-electron chi connectivity index (χ0n) is 10.2. The summed E-state index contributed by atoms with van der Waals surface area (Å²) in [7, 11) is 1.79. The van der Waals surface area contributed by atoms with Gasteiger partial charge < -0.3 is 4.74 Å². The predicted octanol–water partition coefficient (Wildman–Crippen LogP) is 2.64. The highest BCUT2D eigenvalue weighted by molar-refractivity contribution is 4.99. The zero-order chi connectivity index (χ0) is 11.3. The van der Waals surface area contributed by atoms with E-state index in [2.05, 4.69) is 18.2 Å². The van der Waals surface area contributed by atoms with Crippen LogP contribution in [0.15, 0.2) is 12.4 Å². The number of hydrogen-bond acceptors (Lipinski definition) is 2. The van der Waals surface area contributed by atoms with E-state index < -0.39 is 0 Å². The average molecular weight is 210 g/mol. The fourth-order valence-corrected chi connectivity index (χ4v) is 1.85. The minimum Gasteiger partial charge on any atom is -0.381 e. The monoisotopic (exact) mass is 210 g/mol. The molecule has 0 N–H and O–H groups in total. The Morgan fingerprint density at radius 3 is 2.60 bits per heavy atom. The number of ether oxygens (including phenoxy) is 1. The summed E-state index contributed by atoms with van der Waals surface area (Å²) >= 11 is 0. The third kappa shape index (κ3) is 3.34. The minimum atomic E-state index is 0.502. The number of aromatic nitrogens is 2. The first-order valence-corrected chi connectivity index (χ1v) is 5.80. The highest BCUT2D eigenvalue weighted by Crippen LogP contribution is 2.30. The smallest absolute Gasteiger partial charge is 0.0578 e. The van der Waals surface area contributed by atoms with Gasteiger partial charge in [0.1, 0.15) is 0 Å². The lowest BCUT2D eigenvalue weighted by molar-refractivity contribution is -0.00547. The molecular weight excluding hydrogens is 188 g/mol. The van der Waals surface area contributed by atoms with Crippen LogP contribution in [0.4, 0.5) is 0 Å². The second-order valence-corrected chi connectivity index (χ2v) is 3.93. The molecule has 0 aromatic carbocycles. The van der Waals surface area contributed by atoms with Crippen LogP contribution in [-0.2, 0) is 11.3 Å². The van der Waals surface area contributed by atoms with Crippen molar-refractivity contribution in [3.63, 3.8) is 0 Å². The van der Waals surface area contributed by atoms with E-state index in [1.807, 2.05) is 24.7 Å². The highest BCUT2D eigenvalue weighted by Gasteiger charge is 2.29. The Kier molecular flexibility index (Phi) is 4.82. The molecule has 0 radical (unpaired) electrons. The van der Waals surface area contributed by atoms with Crippen molar-refractivity contribution in [2.75, 3.05) is 7.11 Å². The van der Waals surface area contributed by atoms with Gasteiger partial charge in [0.05, 0.1) is 12.3 Å². The van der Waals surface area contributed by atoms with Crippen LogP contribution in [0, 0.1) is 12.8 Å². The Balaban J connectivity index is 0.000000531. The average Bonchev–Trinajstić information content (AvgIpc) is 2.60. The molecule has 1 aromatic heterocycles. The van der Waals surface area contributed by atoms with Crippen LogP contribution in [0.1, 0.15) is 32.3 Å². The summed E-state index contributed by atoms with van der Waals surface area (Å²) in [6.07, 6.45) is 6.89. The summed E-state index contributed by atoms with van der Waals surface area (Å²) in [4.78, 5) is 0. The van der Waals surface area contributed by atoms with E-state index in [0.717, 1.165) is 12.5 Å². The molecule has 1 fully saturated rings. The van der Waals surface area contributed by atoms with Crippen LogP contribution in [0.25, 0.3) is 0 Å². The van der Waals surface area contributed by atoms with E-state index in [1.54, 1.807) is 7.11 Å². The summed E-state index contributed by atoms with van der Waals surface area (Å²) < 4.78 is 7.26. The fourth-order valence-electron chi connectivity index (χ4n) is 1.85. The lowest BCUT2D eigenvalue weighted by Crippen LogP contribution is -2.33. The Hall–Kier alpha value is -0.830. The number of aryl methyl sites for hydroxylation is 1. The number of nitrogens with zero attached hydrogens (tertiary/aromatic N) is 2. The van der Waals surface area contributed by atoms with Crippen LogP contribution in [0.5, 0.6) is 0 Å². The van der Waals surface area contributed by atoms with Gasteiger partial charge in [0.2, 0.25) is 0 Å². The van der Waals surface area contributed by atoms with Crippen molar-refractivity contribution in [1.29, 1.82) is 0 Å². The van der Waals surface area contributed by atoms with Crippen molar-refractivity contribution >= 4 is 0 Å². The van der Waals surface area contributed by atoms with Crippen LogP contribution in [-0.4, -0.2) is 23.0 Å². The van der Waals surface area contributed by atoms with Gasteiger partial charge in [-0.3, -0.25) is 4.68 Å². The van der Waals surface area contributed by atoms with Crippen LogP contribution in [0.2, 0.25) is 0 Å². The highest BCUT2D eigenvalue weighted by atomic mass is 16.5. The van der Waals surface area contributed by atoms with Crippen molar-refractivity contribution in [3.05, 3.63) is 18.0 Å². The lowest BCUT2D eigenvalue weighted by Gasteiger charge is -2.33. The normalized spacial score (nSPS) is 24.0. The van der Waals surface area contributed by atoms with E-state index in [0.29, 0.717) is 6.10 Å². The molecular formula is C12H22N2O. The molecule has 1 aromatic rings. The Labute approximate surface area is 92.4 Å². The topological polar surface area (TPSA) is 27.1 Å². The summed E-state index contributed by atoms with van der Waals surface area (Å²) in [5.41, 5.74) is 1.24. The van der Waals surface area contributed by atoms with Crippen LogP contribution < -0.4 is 0 Å². The first-order valence-electron chi connectivity index (χ1n) is 5.80. The van der Waals surface area contributed by atoms with Gasteiger partial charge in [-0.05, 0) is 31.2 Å². The Bertz CT molecular complexity index is 277. The van der Waals surface area contributed by atoms with Gasteiger partial charge in [-0.15, -0.1) is 0 Å². The number of hydrogen-bond donors (Lipinski definition) is 0. The first-order chi connectivity index (χ1) is 7.28.